The highest BCUT2D eigenvalue weighted by Crippen LogP contribution is 2.27. The minimum atomic E-state index is -1.68. The normalized spacial score (nSPS) is 13.2. The van der Waals surface area contributed by atoms with E-state index in [1.54, 1.807) is 0 Å². The Labute approximate surface area is 144 Å². The van der Waals surface area contributed by atoms with Gasteiger partial charge in [0.05, 0.1) is 0 Å². The van der Waals surface area contributed by atoms with Gasteiger partial charge in [-0.1, -0.05) is 58.1 Å². The third-order valence-electron chi connectivity index (χ3n) is 3.39. The van der Waals surface area contributed by atoms with Gasteiger partial charge < -0.3 is 5.11 Å². The first kappa shape index (κ1) is 21.3. The molecule has 22 heavy (non-hydrogen) atoms. The Morgan fingerprint density at radius 2 is 1.36 bits per heavy atom. The first-order valence-corrected chi connectivity index (χ1v) is 8.46. The van der Waals surface area contributed by atoms with Gasteiger partial charge in [-0.25, -0.2) is 4.79 Å². The van der Waals surface area contributed by atoms with Crippen molar-refractivity contribution in [1.82, 2.24) is 0 Å². The second kappa shape index (κ2) is 10.9. The lowest BCUT2D eigenvalue weighted by Gasteiger charge is -2.12. The summed E-state index contributed by atoms with van der Waals surface area (Å²) in [6.45, 7) is 8.46. The van der Waals surface area contributed by atoms with Gasteiger partial charge in [-0.3, -0.25) is 0 Å². The lowest BCUT2D eigenvalue weighted by Crippen LogP contribution is -2.24. The van der Waals surface area contributed by atoms with Crippen molar-refractivity contribution in [2.75, 3.05) is 0 Å². The highest BCUT2D eigenvalue weighted by Gasteiger charge is 2.32. The molecule has 1 N–H and O–H groups in total. The molecule has 0 aromatic heterocycles. The van der Waals surface area contributed by atoms with Crippen LogP contribution in [0.15, 0.2) is 34.9 Å². The van der Waals surface area contributed by atoms with Gasteiger partial charge in [0.25, 0.3) is 0 Å². The topological polar surface area (TPSA) is 37.3 Å². The molecule has 4 heteroatoms. The maximum absolute atomic E-state index is 10.8. The summed E-state index contributed by atoms with van der Waals surface area (Å²) in [6.07, 6.45) is 11.6. The second-order valence-corrected chi connectivity index (χ2v) is 7.49. The number of allylic oxidation sites excluding steroid dienone is 6. The van der Waals surface area contributed by atoms with Gasteiger partial charge in [-0.15, -0.1) is 0 Å². The van der Waals surface area contributed by atoms with Crippen LogP contribution in [0.4, 0.5) is 0 Å². The van der Waals surface area contributed by atoms with Gasteiger partial charge in [0.2, 0.25) is 4.33 Å². The smallest absolute Gasteiger partial charge is 0.340 e. The zero-order valence-corrected chi connectivity index (χ0v) is 15.6. The van der Waals surface area contributed by atoms with E-state index in [-0.39, 0.29) is 6.42 Å². The molecule has 0 saturated heterocycles. The summed E-state index contributed by atoms with van der Waals surface area (Å²) < 4.78 is -1.68. The molecule has 0 aromatic carbocycles. The van der Waals surface area contributed by atoms with Gasteiger partial charge >= 0.3 is 5.97 Å². The lowest BCUT2D eigenvalue weighted by molar-refractivity contribution is -0.137. The van der Waals surface area contributed by atoms with Crippen LogP contribution in [0.3, 0.4) is 0 Å². The van der Waals surface area contributed by atoms with Gasteiger partial charge in [-0.05, 0) is 66.2 Å². The molecule has 0 aromatic rings. The van der Waals surface area contributed by atoms with Crippen LogP contribution < -0.4 is 0 Å². The Balaban J connectivity index is 4.07. The summed E-state index contributed by atoms with van der Waals surface area (Å²) in [5.74, 6) is -1.18. The number of rotatable bonds is 10. The highest BCUT2D eigenvalue weighted by molar-refractivity contribution is 6.57. The molecule has 0 unspecified atom stereocenters. The molecule has 0 spiro atoms. The quantitative estimate of drug-likeness (QED) is 0.364. The third-order valence-corrected chi connectivity index (χ3v) is 4.09. The molecule has 126 valence electrons. The molecular formula is C18H28Cl2O2. The number of hydrogen-bond donors (Lipinski definition) is 1. The SMILES string of the molecule is CC(C)=CCC/C(C)=C/CCC(C)=CCCC(Cl)(Cl)C(=O)O. The zero-order chi connectivity index (χ0) is 17.2. The number of halogens is 2. The lowest BCUT2D eigenvalue weighted by atomic mass is 10.1. The van der Waals surface area contributed by atoms with Gasteiger partial charge in [0.1, 0.15) is 0 Å². The van der Waals surface area contributed by atoms with Crippen molar-refractivity contribution in [3.63, 3.8) is 0 Å². The van der Waals surface area contributed by atoms with Crippen molar-refractivity contribution in [2.24, 2.45) is 0 Å². The predicted octanol–water partition coefficient (Wildman–Crippen LogP) is 6.44. The summed E-state index contributed by atoms with van der Waals surface area (Å²) in [4.78, 5) is 10.8. The number of carbonyl (C=O) groups is 1. The van der Waals surface area contributed by atoms with E-state index in [4.69, 9.17) is 28.3 Å². The van der Waals surface area contributed by atoms with E-state index in [0.717, 1.165) is 25.7 Å². The van der Waals surface area contributed by atoms with E-state index >= 15 is 0 Å². The highest BCUT2D eigenvalue weighted by atomic mass is 35.5. The minimum absolute atomic E-state index is 0.223. The summed E-state index contributed by atoms with van der Waals surface area (Å²) in [6, 6.07) is 0. The van der Waals surface area contributed by atoms with Crippen LogP contribution in [-0.2, 0) is 4.79 Å². The van der Waals surface area contributed by atoms with Crippen molar-refractivity contribution in [2.45, 2.75) is 70.6 Å². The second-order valence-electron chi connectivity index (χ2n) is 6.01. The van der Waals surface area contributed by atoms with Crippen LogP contribution in [0.5, 0.6) is 0 Å². The van der Waals surface area contributed by atoms with Crippen LogP contribution in [0, 0.1) is 0 Å². The maximum Gasteiger partial charge on any atom is 0.340 e. The average Bonchev–Trinajstić information content (AvgIpc) is 2.37. The van der Waals surface area contributed by atoms with Gasteiger partial charge in [0.15, 0.2) is 0 Å². The van der Waals surface area contributed by atoms with E-state index < -0.39 is 10.3 Å². The van der Waals surface area contributed by atoms with Crippen LogP contribution in [-0.4, -0.2) is 15.4 Å². The number of alkyl halides is 2. The monoisotopic (exact) mass is 346 g/mol. The first-order valence-electron chi connectivity index (χ1n) is 7.71. The fourth-order valence-electron chi connectivity index (χ4n) is 1.95. The number of aliphatic carboxylic acids is 1. The predicted molar refractivity (Wildman–Crippen MR) is 96.7 cm³/mol. The van der Waals surface area contributed by atoms with Crippen molar-refractivity contribution >= 4 is 29.2 Å². The molecule has 0 bridgehead atoms. The molecule has 0 aliphatic heterocycles. The van der Waals surface area contributed by atoms with Crippen LogP contribution >= 0.6 is 23.2 Å². The summed E-state index contributed by atoms with van der Waals surface area (Å²) in [7, 11) is 0. The van der Waals surface area contributed by atoms with E-state index in [2.05, 4.69) is 39.8 Å². The van der Waals surface area contributed by atoms with Gasteiger partial charge in [0, 0.05) is 0 Å². The van der Waals surface area contributed by atoms with E-state index in [0.29, 0.717) is 6.42 Å². The fraction of sp³-hybridized carbons (Fsp3) is 0.611. The molecule has 0 heterocycles. The number of hydrogen-bond acceptors (Lipinski definition) is 1. The Morgan fingerprint density at radius 3 is 1.82 bits per heavy atom. The minimum Gasteiger partial charge on any atom is -0.479 e. The van der Waals surface area contributed by atoms with Crippen molar-refractivity contribution in [3.8, 4) is 0 Å². The average molecular weight is 347 g/mol. The zero-order valence-electron chi connectivity index (χ0n) is 14.1. The molecule has 0 radical (unpaired) electrons. The van der Waals surface area contributed by atoms with E-state index in [1.807, 2.05) is 6.08 Å². The summed E-state index contributed by atoms with van der Waals surface area (Å²) in [5.41, 5.74) is 4.02. The summed E-state index contributed by atoms with van der Waals surface area (Å²) >= 11 is 11.4. The molecule has 0 saturated carbocycles. The molecule has 0 fully saturated rings. The molecule has 2 nitrogen and oxygen atoms in total. The summed E-state index contributed by atoms with van der Waals surface area (Å²) in [5, 5.41) is 8.82. The number of carboxylic acids is 1. The van der Waals surface area contributed by atoms with Crippen molar-refractivity contribution < 1.29 is 9.90 Å². The Hall–Kier alpha value is -0.730. The largest absolute Gasteiger partial charge is 0.479 e. The third kappa shape index (κ3) is 10.9. The van der Waals surface area contributed by atoms with Crippen LogP contribution in [0.2, 0.25) is 0 Å². The van der Waals surface area contributed by atoms with E-state index in [9.17, 15) is 4.79 Å². The van der Waals surface area contributed by atoms with Crippen molar-refractivity contribution in [3.05, 3.63) is 34.9 Å². The molecule has 0 atom stereocenters. The molecule has 0 amide bonds. The Morgan fingerprint density at radius 1 is 0.909 bits per heavy atom. The van der Waals surface area contributed by atoms with Gasteiger partial charge in [-0.2, -0.15) is 0 Å². The Bertz CT molecular complexity index is 442. The van der Waals surface area contributed by atoms with E-state index in [1.165, 1.54) is 16.7 Å². The molecule has 0 aliphatic rings. The fourth-order valence-corrected chi connectivity index (χ4v) is 2.16. The Kier molecular flexibility index (Phi) is 10.5. The van der Waals surface area contributed by atoms with Crippen LogP contribution in [0.25, 0.3) is 0 Å². The first-order chi connectivity index (χ1) is 10.1. The van der Waals surface area contributed by atoms with Crippen molar-refractivity contribution in [1.29, 1.82) is 0 Å². The standard InChI is InChI=1S/C18H28Cl2O2/c1-14(2)8-5-9-15(3)10-6-11-16(4)12-7-13-18(19,20)17(21)22/h8,10,12H,5-7,9,11,13H2,1-4H3,(H,21,22)/b15-10+,16-12?. The maximum atomic E-state index is 10.8. The van der Waals surface area contributed by atoms with Crippen LogP contribution in [0.1, 0.15) is 66.2 Å². The molecule has 0 aliphatic carbocycles. The molecular weight excluding hydrogens is 319 g/mol. The number of carboxylic acid groups (broad SMARTS) is 1. The molecule has 0 rings (SSSR count).